The molecule has 8 heteroatoms. The zero-order chi connectivity index (χ0) is 23.1. The lowest BCUT2D eigenvalue weighted by Gasteiger charge is -2.32. The maximum absolute atomic E-state index is 13.1. The second-order valence-corrected chi connectivity index (χ2v) is 7.74. The molecule has 0 aliphatic carbocycles. The first-order valence-electron chi connectivity index (χ1n) is 10.6. The van der Waals surface area contributed by atoms with Crippen LogP contribution in [0.5, 0.6) is 0 Å². The van der Waals surface area contributed by atoms with Crippen molar-refractivity contribution in [3.8, 4) is 0 Å². The number of halogens is 1. The number of hydrogen-bond acceptors (Lipinski definition) is 5. The number of allylic oxidation sites excluding steroid dienone is 1. The summed E-state index contributed by atoms with van der Waals surface area (Å²) in [6, 6.07) is 6.83. The van der Waals surface area contributed by atoms with Crippen molar-refractivity contribution in [1.82, 2.24) is 10.2 Å². The molecule has 172 valence electrons. The maximum atomic E-state index is 13.1. The van der Waals surface area contributed by atoms with Crippen LogP contribution in [0.25, 0.3) is 0 Å². The Morgan fingerprint density at radius 3 is 2.55 bits per heavy atom. The number of benzene rings is 1. The summed E-state index contributed by atoms with van der Waals surface area (Å²) >= 11 is 3.53. The molecule has 0 bridgehead atoms. The smallest absolute Gasteiger partial charge is 0.438 e. The van der Waals surface area contributed by atoms with E-state index in [0.717, 1.165) is 35.7 Å². The van der Waals surface area contributed by atoms with E-state index in [4.69, 9.17) is 4.74 Å². The Kier molecular flexibility index (Phi) is 13.3. The van der Waals surface area contributed by atoms with Crippen LogP contribution >= 0.6 is 15.9 Å². The van der Waals surface area contributed by atoms with E-state index in [1.165, 1.54) is 7.11 Å². The van der Waals surface area contributed by atoms with Gasteiger partial charge in [0.1, 0.15) is 12.6 Å². The van der Waals surface area contributed by atoms with Crippen LogP contribution in [-0.4, -0.2) is 49.7 Å². The number of carbonyl (C=O) groups excluding carboxylic acids is 3. The summed E-state index contributed by atoms with van der Waals surface area (Å²) < 4.78 is 9.94. The van der Waals surface area contributed by atoms with Crippen molar-refractivity contribution in [2.45, 2.75) is 52.0 Å². The van der Waals surface area contributed by atoms with E-state index >= 15 is 0 Å². The molecule has 0 aliphatic rings. The molecule has 0 fully saturated rings. The van der Waals surface area contributed by atoms with Gasteiger partial charge in [0.25, 0.3) is 0 Å². The zero-order valence-corrected chi connectivity index (χ0v) is 20.2. The van der Waals surface area contributed by atoms with Gasteiger partial charge in [-0.2, -0.15) is 0 Å². The third-order valence-corrected chi connectivity index (χ3v) is 5.33. The maximum Gasteiger partial charge on any atom is 0.508 e. The van der Waals surface area contributed by atoms with Crippen LogP contribution in [0.15, 0.2) is 40.9 Å². The standard InChI is InChI=1S/C23H33BrN2O5/c1-4-6-16-26(20(27)5-2)21(18-13-9-10-14-19(18)24)22(28)25-15-11-7-8-12-17-31-23(29)30-3/h8-10,12-14,21H,4-7,11,15-17H2,1-3H3,(H,25,28)/b12-8+. The Morgan fingerprint density at radius 2 is 1.90 bits per heavy atom. The average Bonchev–Trinajstić information content (AvgIpc) is 2.78. The van der Waals surface area contributed by atoms with Crippen molar-refractivity contribution in [3.63, 3.8) is 0 Å². The number of unbranched alkanes of at least 4 members (excludes halogenated alkanes) is 2. The molecule has 7 nitrogen and oxygen atoms in total. The molecule has 31 heavy (non-hydrogen) atoms. The molecular formula is C23H33BrN2O5. The number of nitrogens with one attached hydrogen (secondary N) is 1. The van der Waals surface area contributed by atoms with Gasteiger partial charge < -0.3 is 19.7 Å². The van der Waals surface area contributed by atoms with Crippen LogP contribution in [0.3, 0.4) is 0 Å². The molecule has 0 saturated heterocycles. The van der Waals surface area contributed by atoms with E-state index in [2.05, 4.69) is 32.9 Å². The molecule has 0 aromatic heterocycles. The topological polar surface area (TPSA) is 84.9 Å². The number of methoxy groups -OCH3 is 1. The quantitative estimate of drug-likeness (QED) is 0.241. The van der Waals surface area contributed by atoms with Gasteiger partial charge in [-0.15, -0.1) is 0 Å². The number of amides is 2. The number of hydrogen-bond donors (Lipinski definition) is 1. The van der Waals surface area contributed by atoms with Gasteiger partial charge in [-0.05, 0) is 30.9 Å². The molecule has 0 radical (unpaired) electrons. The first-order valence-corrected chi connectivity index (χ1v) is 11.4. The van der Waals surface area contributed by atoms with Crippen LogP contribution in [0.4, 0.5) is 4.79 Å². The van der Waals surface area contributed by atoms with Crippen molar-refractivity contribution in [2.75, 3.05) is 26.8 Å². The molecule has 1 atom stereocenters. The minimum atomic E-state index is -0.718. The monoisotopic (exact) mass is 496 g/mol. The third kappa shape index (κ3) is 9.55. The van der Waals surface area contributed by atoms with Gasteiger partial charge in [0.15, 0.2) is 0 Å². The zero-order valence-electron chi connectivity index (χ0n) is 18.6. The highest BCUT2D eigenvalue weighted by Crippen LogP contribution is 2.29. The first kappa shape index (κ1) is 26.7. The number of rotatable bonds is 13. The molecule has 0 saturated carbocycles. The Bertz CT molecular complexity index is 738. The third-order valence-electron chi connectivity index (χ3n) is 4.61. The van der Waals surface area contributed by atoms with Crippen LogP contribution in [0.2, 0.25) is 0 Å². The van der Waals surface area contributed by atoms with Crippen LogP contribution in [0.1, 0.15) is 57.6 Å². The lowest BCUT2D eigenvalue weighted by atomic mass is 10.0. The second-order valence-electron chi connectivity index (χ2n) is 6.89. The van der Waals surface area contributed by atoms with Gasteiger partial charge >= 0.3 is 6.16 Å². The van der Waals surface area contributed by atoms with Crippen LogP contribution in [0, 0.1) is 0 Å². The largest absolute Gasteiger partial charge is 0.508 e. The highest BCUT2D eigenvalue weighted by molar-refractivity contribution is 9.10. The summed E-state index contributed by atoms with van der Waals surface area (Å²) in [6.45, 7) is 5.03. The molecule has 1 N–H and O–H groups in total. The van der Waals surface area contributed by atoms with E-state index in [0.29, 0.717) is 19.5 Å². The Hall–Kier alpha value is -2.35. The van der Waals surface area contributed by atoms with E-state index in [-0.39, 0.29) is 18.4 Å². The Morgan fingerprint density at radius 1 is 1.16 bits per heavy atom. The summed E-state index contributed by atoms with van der Waals surface area (Å²) in [4.78, 5) is 38.4. The summed E-state index contributed by atoms with van der Waals surface area (Å²) in [5.41, 5.74) is 0.776. The summed E-state index contributed by atoms with van der Waals surface area (Å²) in [6.07, 6.45) is 6.45. The molecular weight excluding hydrogens is 464 g/mol. The van der Waals surface area contributed by atoms with Crippen LogP contribution < -0.4 is 5.32 Å². The highest BCUT2D eigenvalue weighted by atomic mass is 79.9. The Labute approximate surface area is 193 Å². The highest BCUT2D eigenvalue weighted by Gasteiger charge is 2.31. The Balaban J connectivity index is 2.76. The van der Waals surface area contributed by atoms with Crippen LogP contribution in [-0.2, 0) is 19.1 Å². The van der Waals surface area contributed by atoms with E-state index in [1.807, 2.05) is 37.3 Å². The van der Waals surface area contributed by atoms with Crippen molar-refractivity contribution < 1.29 is 23.9 Å². The summed E-state index contributed by atoms with van der Waals surface area (Å²) in [5, 5.41) is 2.97. The lowest BCUT2D eigenvalue weighted by Crippen LogP contribution is -2.44. The molecule has 1 unspecified atom stereocenters. The van der Waals surface area contributed by atoms with E-state index < -0.39 is 12.2 Å². The predicted molar refractivity (Wildman–Crippen MR) is 124 cm³/mol. The second kappa shape index (κ2) is 15.5. The normalized spacial score (nSPS) is 11.7. The summed E-state index contributed by atoms with van der Waals surface area (Å²) in [5.74, 6) is -0.235. The fraction of sp³-hybridized carbons (Fsp3) is 0.522. The van der Waals surface area contributed by atoms with Gasteiger partial charge in [-0.3, -0.25) is 9.59 Å². The van der Waals surface area contributed by atoms with Gasteiger partial charge in [0, 0.05) is 24.0 Å². The van der Waals surface area contributed by atoms with E-state index in [9.17, 15) is 14.4 Å². The SMILES string of the molecule is CCCCN(C(=O)CC)C(C(=O)NCCC/C=C/COC(=O)OC)c1ccccc1Br. The van der Waals surface area contributed by atoms with Crippen molar-refractivity contribution >= 4 is 33.9 Å². The molecule has 0 heterocycles. The van der Waals surface area contributed by atoms with E-state index in [1.54, 1.807) is 11.0 Å². The van der Waals surface area contributed by atoms with Crippen molar-refractivity contribution in [2.24, 2.45) is 0 Å². The first-order chi connectivity index (χ1) is 15.0. The molecule has 0 aliphatic heterocycles. The molecule has 1 aromatic carbocycles. The van der Waals surface area contributed by atoms with Crippen molar-refractivity contribution in [3.05, 3.63) is 46.5 Å². The number of ether oxygens (including phenoxy) is 2. The molecule has 2 amide bonds. The van der Waals surface area contributed by atoms with Gasteiger partial charge in [0.2, 0.25) is 11.8 Å². The lowest BCUT2D eigenvalue weighted by molar-refractivity contribution is -0.140. The summed E-state index contributed by atoms with van der Waals surface area (Å²) in [7, 11) is 1.26. The minimum absolute atomic E-state index is 0.0436. The predicted octanol–water partition coefficient (Wildman–Crippen LogP) is 4.76. The van der Waals surface area contributed by atoms with Gasteiger partial charge in [0.05, 0.1) is 7.11 Å². The molecule has 1 aromatic rings. The average molecular weight is 497 g/mol. The number of nitrogens with zero attached hydrogens (tertiary/aromatic N) is 1. The molecule has 0 spiro atoms. The van der Waals surface area contributed by atoms with Gasteiger partial charge in [-0.25, -0.2) is 4.79 Å². The minimum Gasteiger partial charge on any atom is -0.438 e. The molecule has 1 rings (SSSR count). The fourth-order valence-electron chi connectivity index (χ4n) is 2.97. The number of carbonyl (C=O) groups is 3. The fourth-order valence-corrected chi connectivity index (χ4v) is 3.47. The van der Waals surface area contributed by atoms with Crippen molar-refractivity contribution in [1.29, 1.82) is 0 Å². The van der Waals surface area contributed by atoms with Gasteiger partial charge in [-0.1, -0.05) is 66.5 Å².